The van der Waals surface area contributed by atoms with Crippen LogP contribution in [0, 0.1) is 0 Å². The van der Waals surface area contributed by atoms with E-state index in [0.29, 0.717) is 12.2 Å². The monoisotopic (exact) mass is 400 g/mol. The highest BCUT2D eigenvalue weighted by molar-refractivity contribution is 7.80. The van der Waals surface area contributed by atoms with Crippen molar-refractivity contribution in [3.63, 3.8) is 0 Å². The molecule has 0 bridgehead atoms. The minimum atomic E-state index is -0.269. The Labute approximate surface area is 172 Å². The number of nitrogens with one attached hydrogen (secondary N) is 2. The van der Waals surface area contributed by atoms with Gasteiger partial charge in [-0.25, -0.2) is 0 Å². The van der Waals surface area contributed by atoms with Gasteiger partial charge in [0.25, 0.3) is 5.91 Å². The summed E-state index contributed by atoms with van der Waals surface area (Å²) in [5.41, 5.74) is 1.29. The summed E-state index contributed by atoms with van der Waals surface area (Å²) in [7, 11) is 0. The molecule has 0 saturated carbocycles. The summed E-state index contributed by atoms with van der Waals surface area (Å²) in [4.78, 5) is 12.3. The lowest BCUT2D eigenvalue weighted by molar-refractivity contribution is 0.0977. The second-order valence-corrected chi connectivity index (χ2v) is 7.09. The fraction of sp³-hybridized carbons (Fsp3) is 0.364. The normalized spacial score (nSPS) is 10.4. The van der Waals surface area contributed by atoms with Gasteiger partial charge < -0.3 is 14.8 Å². The van der Waals surface area contributed by atoms with E-state index >= 15 is 0 Å². The molecule has 0 radical (unpaired) electrons. The zero-order chi connectivity index (χ0) is 20.4. The summed E-state index contributed by atoms with van der Waals surface area (Å²) >= 11 is 5.22. The lowest BCUT2D eigenvalue weighted by atomic mass is 10.2. The van der Waals surface area contributed by atoms with Crippen LogP contribution in [-0.2, 0) is 0 Å². The van der Waals surface area contributed by atoms with Crippen LogP contribution in [0.25, 0.3) is 0 Å². The highest BCUT2D eigenvalue weighted by Crippen LogP contribution is 2.17. The van der Waals surface area contributed by atoms with E-state index in [4.69, 9.17) is 21.7 Å². The molecule has 0 aliphatic heterocycles. The van der Waals surface area contributed by atoms with Gasteiger partial charge in [0.2, 0.25) is 0 Å². The molecule has 0 fully saturated rings. The molecule has 0 saturated heterocycles. The van der Waals surface area contributed by atoms with Crippen molar-refractivity contribution in [2.24, 2.45) is 0 Å². The number of thiocarbonyl (C=S) groups is 1. The molecule has 0 aliphatic rings. The number of carbonyl (C=O) groups excluding carboxylic acids is 1. The minimum absolute atomic E-state index is 0.118. The topological polar surface area (TPSA) is 59.6 Å². The average Bonchev–Trinajstić information content (AvgIpc) is 2.67. The summed E-state index contributed by atoms with van der Waals surface area (Å²) in [6.45, 7) is 6.79. The maximum Gasteiger partial charge on any atom is 0.257 e. The number of rotatable bonds is 9. The average molecular weight is 401 g/mol. The Morgan fingerprint density at radius 2 is 1.64 bits per heavy atom. The molecule has 0 heterocycles. The van der Waals surface area contributed by atoms with Crippen molar-refractivity contribution in [2.75, 3.05) is 11.9 Å². The van der Waals surface area contributed by atoms with E-state index in [9.17, 15) is 4.79 Å². The van der Waals surface area contributed by atoms with Gasteiger partial charge in [0.15, 0.2) is 5.11 Å². The third-order valence-electron chi connectivity index (χ3n) is 3.84. The third-order valence-corrected chi connectivity index (χ3v) is 4.05. The quantitative estimate of drug-likeness (QED) is 0.449. The van der Waals surface area contributed by atoms with Gasteiger partial charge in [0, 0.05) is 11.3 Å². The number of hydrogen-bond donors (Lipinski definition) is 2. The number of hydrogen-bond acceptors (Lipinski definition) is 4. The zero-order valence-corrected chi connectivity index (χ0v) is 17.5. The third kappa shape index (κ3) is 7.56. The van der Waals surface area contributed by atoms with E-state index in [-0.39, 0.29) is 17.1 Å². The predicted octanol–water partition coefficient (Wildman–Crippen LogP) is 5.17. The molecule has 0 spiro atoms. The first-order valence-corrected chi connectivity index (χ1v) is 10.0. The molecule has 0 aromatic heterocycles. The Bertz CT molecular complexity index is 758. The van der Waals surface area contributed by atoms with E-state index in [2.05, 4.69) is 17.6 Å². The maximum absolute atomic E-state index is 12.3. The molecule has 2 N–H and O–H groups in total. The van der Waals surface area contributed by atoms with Crippen molar-refractivity contribution in [3.05, 3.63) is 54.1 Å². The van der Waals surface area contributed by atoms with Gasteiger partial charge >= 0.3 is 0 Å². The van der Waals surface area contributed by atoms with E-state index in [1.54, 1.807) is 24.3 Å². The van der Waals surface area contributed by atoms with Crippen molar-refractivity contribution < 1.29 is 14.3 Å². The molecule has 5 nitrogen and oxygen atoms in total. The van der Waals surface area contributed by atoms with Crippen LogP contribution in [0.3, 0.4) is 0 Å². The highest BCUT2D eigenvalue weighted by atomic mass is 32.1. The van der Waals surface area contributed by atoms with Gasteiger partial charge in [-0.2, -0.15) is 0 Å². The predicted molar refractivity (Wildman–Crippen MR) is 117 cm³/mol. The van der Waals surface area contributed by atoms with Gasteiger partial charge in [-0.15, -0.1) is 0 Å². The first-order chi connectivity index (χ1) is 13.5. The molecule has 0 aliphatic carbocycles. The zero-order valence-electron chi connectivity index (χ0n) is 16.7. The lowest BCUT2D eigenvalue weighted by Crippen LogP contribution is -2.34. The Balaban J connectivity index is 1.82. The smallest absolute Gasteiger partial charge is 0.257 e. The summed E-state index contributed by atoms with van der Waals surface area (Å²) in [6, 6.07) is 14.4. The molecule has 2 rings (SSSR count). The molecule has 0 unspecified atom stereocenters. The largest absolute Gasteiger partial charge is 0.494 e. The SMILES string of the molecule is CCCCCOc1ccc(C(=O)NC(=S)Nc2ccc(OC(C)C)cc2)cc1. The summed E-state index contributed by atoms with van der Waals surface area (Å²) < 4.78 is 11.3. The van der Waals surface area contributed by atoms with Crippen LogP contribution in [0.2, 0.25) is 0 Å². The van der Waals surface area contributed by atoms with Crippen molar-refractivity contribution in [3.8, 4) is 11.5 Å². The fourth-order valence-electron chi connectivity index (χ4n) is 2.47. The Morgan fingerprint density at radius 1 is 1.00 bits per heavy atom. The van der Waals surface area contributed by atoms with Gasteiger partial charge in [0.1, 0.15) is 11.5 Å². The standard InChI is InChI=1S/C22H28N2O3S/c1-4-5-6-15-26-19-11-7-17(8-12-19)21(25)24-22(28)23-18-9-13-20(14-10-18)27-16(2)3/h7-14,16H,4-6,15H2,1-3H3,(H2,23,24,25,28). The highest BCUT2D eigenvalue weighted by Gasteiger charge is 2.08. The number of benzene rings is 2. The fourth-order valence-corrected chi connectivity index (χ4v) is 2.68. The van der Waals surface area contributed by atoms with Gasteiger partial charge in [-0.3, -0.25) is 10.1 Å². The van der Waals surface area contributed by atoms with Crippen molar-refractivity contribution >= 4 is 28.9 Å². The molecular formula is C22H28N2O3S. The Kier molecular flexibility index (Phi) is 8.75. The van der Waals surface area contributed by atoms with Crippen molar-refractivity contribution in [1.82, 2.24) is 5.32 Å². The lowest BCUT2D eigenvalue weighted by Gasteiger charge is -2.12. The van der Waals surface area contributed by atoms with Crippen LogP contribution in [0.4, 0.5) is 5.69 Å². The van der Waals surface area contributed by atoms with Gasteiger partial charge in [0.05, 0.1) is 12.7 Å². The van der Waals surface area contributed by atoms with Crippen LogP contribution in [0.15, 0.2) is 48.5 Å². The minimum Gasteiger partial charge on any atom is -0.494 e. The van der Waals surface area contributed by atoms with Crippen molar-refractivity contribution in [1.29, 1.82) is 0 Å². The first kappa shape index (κ1) is 21.7. The van der Waals surface area contributed by atoms with Gasteiger partial charge in [-0.1, -0.05) is 19.8 Å². The van der Waals surface area contributed by atoms with Gasteiger partial charge in [-0.05, 0) is 81.0 Å². The molecule has 28 heavy (non-hydrogen) atoms. The molecule has 2 aromatic carbocycles. The van der Waals surface area contributed by atoms with Crippen LogP contribution in [0.1, 0.15) is 50.4 Å². The second-order valence-electron chi connectivity index (χ2n) is 6.68. The summed E-state index contributed by atoms with van der Waals surface area (Å²) in [5.74, 6) is 1.28. The Morgan fingerprint density at radius 3 is 2.25 bits per heavy atom. The summed E-state index contributed by atoms with van der Waals surface area (Å²) in [6.07, 6.45) is 3.46. The first-order valence-electron chi connectivity index (χ1n) is 9.60. The number of anilines is 1. The second kappa shape index (κ2) is 11.3. The maximum atomic E-state index is 12.3. The van der Waals surface area contributed by atoms with Crippen LogP contribution in [-0.4, -0.2) is 23.7 Å². The van der Waals surface area contributed by atoms with Crippen molar-refractivity contribution in [2.45, 2.75) is 46.1 Å². The van der Waals surface area contributed by atoms with E-state index in [1.165, 1.54) is 0 Å². The molecular weight excluding hydrogens is 372 g/mol. The van der Waals surface area contributed by atoms with Crippen LogP contribution >= 0.6 is 12.2 Å². The number of amides is 1. The number of ether oxygens (including phenoxy) is 2. The van der Waals surface area contributed by atoms with E-state index in [0.717, 1.165) is 36.4 Å². The molecule has 150 valence electrons. The van der Waals surface area contributed by atoms with Crippen LogP contribution < -0.4 is 20.1 Å². The molecule has 0 atom stereocenters. The van der Waals surface area contributed by atoms with E-state index < -0.39 is 0 Å². The van der Waals surface area contributed by atoms with Crippen LogP contribution in [0.5, 0.6) is 11.5 Å². The molecule has 6 heteroatoms. The number of carbonyl (C=O) groups is 1. The molecule has 1 amide bonds. The molecule has 2 aromatic rings. The summed E-state index contributed by atoms with van der Waals surface area (Å²) in [5, 5.41) is 5.91. The van der Waals surface area contributed by atoms with E-state index in [1.807, 2.05) is 38.1 Å². The number of unbranched alkanes of at least 4 members (excludes halogenated alkanes) is 2. The Hall–Kier alpha value is -2.60.